The van der Waals surface area contributed by atoms with Crippen LogP contribution in [0.1, 0.15) is 10.4 Å². The first kappa shape index (κ1) is 17.4. The molecule has 2 aromatic rings. The number of aromatic carboxylic acids is 1. The van der Waals surface area contributed by atoms with Crippen molar-refractivity contribution in [1.29, 1.82) is 0 Å². The number of phenols is 1. The van der Waals surface area contributed by atoms with Crippen molar-refractivity contribution < 1.29 is 28.2 Å². The highest BCUT2D eigenvalue weighted by Crippen LogP contribution is 2.16. The highest BCUT2D eigenvalue weighted by molar-refractivity contribution is 7.89. The van der Waals surface area contributed by atoms with E-state index in [2.05, 4.69) is 5.32 Å². The maximum atomic E-state index is 12.2. The second-order valence-corrected chi connectivity index (χ2v) is 6.46. The van der Waals surface area contributed by atoms with Crippen LogP contribution in [0.2, 0.25) is 0 Å². The van der Waals surface area contributed by atoms with Gasteiger partial charge in [0, 0.05) is 5.69 Å². The first-order valence-corrected chi connectivity index (χ1v) is 8.19. The number of carbonyl (C=O) groups excluding carboxylic acids is 1. The molecule has 2 rings (SSSR count). The highest BCUT2D eigenvalue weighted by Gasteiger charge is 2.22. The number of carbonyl (C=O) groups is 2. The lowest BCUT2D eigenvalue weighted by molar-refractivity contribution is -0.115. The molecule has 8 nitrogen and oxygen atoms in total. The highest BCUT2D eigenvalue weighted by atomic mass is 32.2. The molecule has 1 amide bonds. The Morgan fingerprint density at radius 2 is 1.75 bits per heavy atom. The van der Waals surface area contributed by atoms with Crippen molar-refractivity contribution in [3.8, 4) is 5.75 Å². The molecular formula is C15H14N2O6S. The molecule has 0 radical (unpaired) electrons. The van der Waals surface area contributed by atoms with Crippen LogP contribution in [0.15, 0.2) is 53.4 Å². The Kier molecular flexibility index (Phi) is 5.17. The Labute approximate surface area is 137 Å². The Bertz CT molecular complexity index is 862. The normalized spacial score (nSPS) is 11.0. The number of carboxylic acids is 1. The molecule has 0 fully saturated rings. The SMILES string of the molecule is O=C(CNS(=O)(=O)c1ccccc1C(=O)O)N[14c]1[14cH][14cH][14c](O)[14cH][14cH]1. The molecule has 0 spiro atoms. The van der Waals surface area contributed by atoms with Gasteiger partial charge in [-0.1, -0.05) is 12.1 Å². The van der Waals surface area contributed by atoms with E-state index >= 15 is 0 Å². The molecule has 4 N–H and O–H groups in total. The van der Waals surface area contributed by atoms with Crippen LogP contribution in [0.25, 0.3) is 0 Å². The van der Waals surface area contributed by atoms with Crippen LogP contribution in [-0.4, -0.2) is 37.1 Å². The van der Waals surface area contributed by atoms with Gasteiger partial charge in [-0.05, 0) is 36.4 Å². The summed E-state index contributed by atoms with van der Waals surface area (Å²) in [6.07, 6.45) is 0. The molecule has 0 aliphatic carbocycles. The second kappa shape index (κ2) is 7.11. The lowest BCUT2D eigenvalue weighted by Crippen LogP contribution is -2.33. The largest absolute Gasteiger partial charge is 0.508 e. The quantitative estimate of drug-likeness (QED) is 0.567. The second-order valence-electron chi connectivity index (χ2n) is 4.72. The van der Waals surface area contributed by atoms with Gasteiger partial charge in [0.25, 0.3) is 0 Å². The summed E-state index contributed by atoms with van der Waals surface area (Å²) < 4.78 is 26.4. The molecule has 0 saturated carbocycles. The van der Waals surface area contributed by atoms with E-state index in [1.165, 1.54) is 36.4 Å². The lowest BCUT2D eigenvalue weighted by Gasteiger charge is -2.09. The molecule has 2 aromatic carbocycles. The molecule has 9 heteroatoms. The van der Waals surface area contributed by atoms with Crippen LogP contribution in [0.4, 0.5) is 5.69 Å². The van der Waals surface area contributed by atoms with Crippen molar-refractivity contribution in [2.24, 2.45) is 0 Å². The average molecular weight is 362 g/mol. The van der Waals surface area contributed by atoms with Gasteiger partial charge in [-0.3, -0.25) is 4.79 Å². The molecule has 0 aliphatic heterocycles. The molecule has 0 saturated heterocycles. The Hall–Kier alpha value is -2.91. The van der Waals surface area contributed by atoms with Gasteiger partial charge in [-0.15, -0.1) is 0 Å². The number of rotatable bonds is 6. The minimum atomic E-state index is -4.16. The Balaban J connectivity index is 2.06. The van der Waals surface area contributed by atoms with Crippen molar-refractivity contribution in [3.05, 3.63) is 54.1 Å². The predicted octanol–water partition coefficient (Wildman–Crippen LogP) is 1.01. The standard InChI is InChI=1S/C15H14N2O6S/c18-11-7-5-10(6-8-11)17-14(19)9-16-24(22,23)13-4-2-1-3-12(13)15(20)21/h1-8,16,18H,9H2,(H,17,19)(H,20,21)/i5+2,6+2,7+2,8+2,10+2,11+2. The minimum absolute atomic E-state index is 0.0268. The number of anilines is 1. The first-order valence-electron chi connectivity index (χ1n) is 6.70. The van der Waals surface area contributed by atoms with Gasteiger partial charge in [-0.2, -0.15) is 0 Å². The Morgan fingerprint density at radius 1 is 1.12 bits per heavy atom. The summed E-state index contributed by atoms with van der Waals surface area (Å²) in [4.78, 5) is 22.4. The van der Waals surface area contributed by atoms with E-state index in [1.807, 2.05) is 4.72 Å². The number of nitrogens with one attached hydrogen (secondary N) is 2. The smallest absolute Gasteiger partial charge is 0.337 e. The van der Waals surface area contributed by atoms with E-state index in [9.17, 15) is 18.0 Å². The third kappa shape index (κ3) is 4.31. The van der Waals surface area contributed by atoms with Gasteiger partial charge < -0.3 is 15.5 Å². The number of phenolic OH excluding ortho intramolecular Hbond substituents is 1. The van der Waals surface area contributed by atoms with Crippen LogP contribution in [0.5, 0.6) is 5.75 Å². The molecule has 0 bridgehead atoms. The number of carboxylic acid groups (broad SMARTS) is 1. The van der Waals surface area contributed by atoms with Gasteiger partial charge in [-0.25, -0.2) is 17.9 Å². The van der Waals surface area contributed by atoms with Gasteiger partial charge in [0.2, 0.25) is 15.9 Å². The fourth-order valence-corrected chi connectivity index (χ4v) is 3.05. The van der Waals surface area contributed by atoms with Gasteiger partial charge in [0.05, 0.1) is 17.0 Å². The number of benzene rings is 2. The van der Waals surface area contributed by atoms with E-state index in [0.29, 0.717) is 5.69 Å². The molecule has 0 unspecified atom stereocenters. The lowest BCUT2D eigenvalue weighted by atomic mass is 10.2. The van der Waals surface area contributed by atoms with Crippen molar-refractivity contribution in [2.75, 3.05) is 11.9 Å². The number of hydrogen-bond acceptors (Lipinski definition) is 5. The van der Waals surface area contributed by atoms with Gasteiger partial charge in [0.1, 0.15) is 5.75 Å². The number of hydrogen-bond donors (Lipinski definition) is 4. The summed E-state index contributed by atoms with van der Waals surface area (Å²) in [5, 5.41) is 20.6. The van der Waals surface area contributed by atoms with Crippen LogP contribution in [0, 0.1) is 0 Å². The summed E-state index contributed by atoms with van der Waals surface area (Å²) in [5.74, 6) is -2.00. The van der Waals surface area contributed by atoms with E-state index in [4.69, 9.17) is 10.2 Å². The maximum Gasteiger partial charge on any atom is 0.337 e. The van der Waals surface area contributed by atoms with E-state index in [1.54, 1.807) is 0 Å². The fourth-order valence-electron chi connectivity index (χ4n) is 1.87. The van der Waals surface area contributed by atoms with Crippen LogP contribution >= 0.6 is 0 Å². The topological polar surface area (TPSA) is 133 Å². The zero-order chi connectivity index (χ0) is 17.7. The van der Waals surface area contributed by atoms with E-state index < -0.39 is 33.3 Å². The van der Waals surface area contributed by atoms with Crippen molar-refractivity contribution in [2.45, 2.75) is 4.90 Å². The first-order chi connectivity index (χ1) is 11.3. The Morgan fingerprint density at radius 3 is 2.38 bits per heavy atom. The fraction of sp³-hybridized carbons (Fsp3) is 0.0667. The minimum Gasteiger partial charge on any atom is -0.508 e. The summed E-state index contributed by atoms with van der Waals surface area (Å²) in [6.45, 7) is -0.572. The molecule has 0 heterocycles. The summed E-state index contributed by atoms with van der Waals surface area (Å²) in [6, 6.07) is 10.7. The predicted molar refractivity (Wildman–Crippen MR) is 85.3 cm³/mol. The molecule has 0 aliphatic rings. The van der Waals surface area contributed by atoms with Crippen molar-refractivity contribution in [3.63, 3.8) is 0 Å². The molecular weight excluding hydrogens is 348 g/mol. The van der Waals surface area contributed by atoms with E-state index in [0.717, 1.165) is 12.1 Å². The van der Waals surface area contributed by atoms with Crippen LogP contribution in [-0.2, 0) is 14.8 Å². The van der Waals surface area contributed by atoms with Gasteiger partial charge >= 0.3 is 5.97 Å². The van der Waals surface area contributed by atoms with Gasteiger partial charge in [0.15, 0.2) is 0 Å². The van der Waals surface area contributed by atoms with Crippen LogP contribution < -0.4 is 10.0 Å². The summed E-state index contributed by atoms with van der Waals surface area (Å²) in [5.41, 5.74) is -0.00752. The van der Waals surface area contributed by atoms with Crippen molar-refractivity contribution in [1.82, 2.24) is 4.72 Å². The summed E-state index contributed by atoms with van der Waals surface area (Å²) >= 11 is 0. The third-order valence-corrected chi connectivity index (χ3v) is 4.44. The molecule has 0 atom stereocenters. The monoisotopic (exact) mass is 362 g/mol. The maximum absolute atomic E-state index is 12.2. The number of sulfonamides is 1. The third-order valence-electron chi connectivity index (χ3n) is 2.98. The average Bonchev–Trinajstić information content (AvgIpc) is 2.55. The molecule has 126 valence electrons. The zero-order valence-corrected chi connectivity index (χ0v) is 13.1. The number of amides is 1. The number of aromatic hydroxyl groups is 1. The zero-order valence-electron chi connectivity index (χ0n) is 12.3. The van der Waals surface area contributed by atoms with Crippen LogP contribution in [0.3, 0.4) is 0 Å². The molecule has 0 aromatic heterocycles. The van der Waals surface area contributed by atoms with Crippen molar-refractivity contribution >= 4 is 27.6 Å². The van der Waals surface area contributed by atoms with E-state index in [-0.39, 0.29) is 11.3 Å². The molecule has 24 heavy (non-hydrogen) atoms. The summed E-state index contributed by atoms with van der Waals surface area (Å²) in [7, 11) is -4.16.